The van der Waals surface area contributed by atoms with Gasteiger partial charge in [0.2, 0.25) is 0 Å². The number of methoxy groups -OCH3 is 1. The van der Waals surface area contributed by atoms with Gasteiger partial charge < -0.3 is 15.6 Å². The van der Waals surface area contributed by atoms with Crippen molar-refractivity contribution in [2.45, 2.75) is 39.5 Å². The van der Waals surface area contributed by atoms with E-state index in [2.05, 4.69) is 20.8 Å². The van der Waals surface area contributed by atoms with Crippen LogP contribution in [0, 0.1) is 5.41 Å². The third-order valence-corrected chi connectivity index (χ3v) is 3.18. The Hall–Kier alpha value is -1.71. The number of hydrogen-bond donors (Lipinski definition) is 2. The van der Waals surface area contributed by atoms with Crippen LogP contribution in [0.2, 0.25) is 0 Å². The largest absolute Gasteiger partial charge is 0.495 e. The fourth-order valence-corrected chi connectivity index (χ4v) is 2.03. The van der Waals surface area contributed by atoms with Gasteiger partial charge in [-0.15, -0.1) is 0 Å². The molecular weight excluding hydrogens is 242 g/mol. The number of carboxylic acid groups (broad SMARTS) is 1. The summed E-state index contributed by atoms with van der Waals surface area (Å²) >= 11 is 0. The van der Waals surface area contributed by atoms with E-state index in [0.29, 0.717) is 23.4 Å². The number of anilines is 1. The van der Waals surface area contributed by atoms with Gasteiger partial charge in [0, 0.05) is 0 Å². The molecule has 3 N–H and O–H groups in total. The molecule has 0 aliphatic carbocycles. The molecule has 0 bridgehead atoms. The molecule has 1 rings (SSSR count). The van der Waals surface area contributed by atoms with Crippen LogP contribution in [0.4, 0.5) is 5.69 Å². The Morgan fingerprint density at radius 3 is 2.53 bits per heavy atom. The molecule has 0 aliphatic heterocycles. The van der Waals surface area contributed by atoms with Gasteiger partial charge in [-0.1, -0.05) is 32.9 Å². The molecule has 4 nitrogen and oxygen atoms in total. The maximum Gasteiger partial charge on any atom is 0.311 e. The number of rotatable bonds is 5. The van der Waals surface area contributed by atoms with Crippen molar-refractivity contribution in [3.05, 3.63) is 23.8 Å². The summed E-state index contributed by atoms with van der Waals surface area (Å²) in [6.45, 7) is 6.29. The van der Waals surface area contributed by atoms with E-state index in [0.717, 1.165) is 6.42 Å². The topological polar surface area (TPSA) is 72.5 Å². The molecule has 1 aromatic rings. The molecule has 0 saturated heterocycles. The van der Waals surface area contributed by atoms with Crippen molar-refractivity contribution in [3.8, 4) is 5.75 Å². The molecule has 4 heteroatoms. The molecule has 0 amide bonds. The zero-order valence-corrected chi connectivity index (χ0v) is 12.1. The van der Waals surface area contributed by atoms with Gasteiger partial charge in [0.15, 0.2) is 0 Å². The number of aliphatic carboxylic acids is 1. The Bertz CT molecular complexity index is 449. The van der Waals surface area contributed by atoms with Crippen molar-refractivity contribution < 1.29 is 14.6 Å². The number of carbonyl (C=O) groups is 1. The van der Waals surface area contributed by atoms with Crippen molar-refractivity contribution in [2.75, 3.05) is 12.8 Å². The summed E-state index contributed by atoms with van der Waals surface area (Å²) in [6.07, 6.45) is 1.39. The first-order chi connectivity index (χ1) is 8.76. The highest BCUT2D eigenvalue weighted by Gasteiger charge is 2.25. The molecule has 0 spiro atoms. The van der Waals surface area contributed by atoms with Crippen LogP contribution < -0.4 is 10.5 Å². The maximum atomic E-state index is 11.5. The molecule has 0 saturated carbocycles. The Morgan fingerprint density at radius 2 is 2.05 bits per heavy atom. The highest BCUT2D eigenvalue weighted by Crippen LogP contribution is 2.35. The summed E-state index contributed by atoms with van der Waals surface area (Å²) in [5.74, 6) is -0.905. The second-order valence-corrected chi connectivity index (χ2v) is 5.95. The first-order valence-electron chi connectivity index (χ1n) is 6.41. The summed E-state index contributed by atoms with van der Waals surface area (Å²) in [5, 5.41) is 9.42. The van der Waals surface area contributed by atoms with Gasteiger partial charge in [-0.25, -0.2) is 0 Å². The van der Waals surface area contributed by atoms with E-state index >= 15 is 0 Å². The van der Waals surface area contributed by atoms with Gasteiger partial charge in [-0.2, -0.15) is 0 Å². The predicted octanol–water partition coefficient (Wildman–Crippen LogP) is 3.27. The molecule has 0 heterocycles. The zero-order valence-electron chi connectivity index (χ0n) is 12.1. The van der Waals surface area contributed by atoms with Crippen molar-refractivity contribution in [2.24, 2.45) is 5.41 Å². The van der Waals surface area contributed by atoms with Gasteiger partial charge in [0.05, 0.1) is 18.7 Å². The summed E-state index contributed by atoms with van der Waals surface area (Å²) in [6, 6.07) is 5.28. The Labute approximate surface area is 114 Å². The van der Waals surface area contributed by atoms with Crippen LogP contribution in [0.3, 0.4) is 0 Å². The van der Waals surface area contributed by atoms with Crippen LogP contribution in [0.1, 0.15) is 45.1 Å². The van der Waals surface area contributed by atoms with Crippen molar-refractivity contribution in [1.29, 1.82) is 0 Å². The van der Waals surface area contributed by atoms with Crippen LogP contribution in [0.15, 0.2) is 18.2 Å². The van der Waals surface area contributed by atoms with Crippen molar-refractivity contribution in [3.63, 3.8) is 0 Å². The van der Waals surface area contributed by atoms with E-state index in [4.69, 9.17) is 10.5 Å². The summed E-state index contributed by atoms with van der Waals surface area (Å²) in [7, 11) is 1.53. The van der Waals surface area contributed by atoms with E-state index in [1.54, 1.807) is 18.2 Å². The Balaban J connectivity index is 3.03. The standard InChI is InChI=1S/C15H23NO3/c1-15(2,3)9-8-11(14(17)18)10-6-5-7-12(19-4)13(10)16/h5-7,11H,8-9,16H2,1-4H3,(H,17,18). The second kappa shape index (κ2) is 5.95. The van der Waals surface area contributed by atoms with Crippen LogP contribution >= 0.6 is 0 Å². The Morgan fingerprint density at radius 1 is 1.42 bits per heavy atom. The number of para-hydroxylation sites is 1. The summed E-state index contributed by atoms with van der Waals surface area (Å²) in [4.78, 5) is 11.5. The first kappa shape index (κ1) is 15.3. The monoisotopic (exact) mass is 265 g/mol. The van der Waals surface area contributed by atoms with Crippen LogP contribution in [0.25, 0.3) is 0 Å². The predicted molar refractivity (Wildman–Crippen MR) is 76.5 cm³/mol. The van der Waals surface area contributed by atoms with Gasteiger partial charge >= 0.3 is 5.97 Å². The SMILES string of the molecule is COc1cccc(C(CCC(C)(C)C)C(=O)O)c1N. The number of nitrogen functional groups attached to an aromatic ring is 1. The number of carboxylic acids is 1. The quantitative estimate of drug-likeness (QED) is 0.801. The fourth-order valence-electron chi connectivity index (χ4n) is 2.03. The molecular formula is C15H23NO3. The van der Waals surface area contributed by atoms with Crippen LogP contribution in [-0.4, -0.2) is 18.2 Å². The summed E-state index contributed by atoms with van der Waals surface area (Å²) in [5.41, 5.74) is 7.14. The van der Waals surface area contributed by atoms with Crippen molar-refractivity contribution in [1.82, 2.24) is 0 Å². The molecule has 0 aliphatic rings. The second-order valence-electron chi connectivity index (χ2n) is 5.95. The number of hydrogen-bond acceptors (Lipinski definition) is 3. The lowest BCUT2D eigenvalue weighted by Crippen LogP contribution is -2.17. The minimum absolute atomic E-state index is 0.0985. The fraction of sp³-hybridized carbons (Fsp3) is 0.533. The molecule has 0 radical (unpaired) electrons. The van der Waals surface area contributed by atoms with Crippen LogP contribution in [-0.2, 0) is 4.79 Å². The molecule has 1 aromatic carbocycles. The molecule has 0 fully saturated rings. The average Bonchev–Trinajstić information content (AvgIpc) is 2.29. The number of ether oxygens (including phenoxy) is 1. The van der Waals surface area contributed by atoms with E-state index in [-0.39, 0.29) is 5.41 Å². The maximum absolute atomic E-state index is 11.5. The lowest BCUT2D eigenvalue weighted by Gasteiger charge is -2.22. The van der Waals surface area contributed by atoms with Gasteiger partial charge in [-0.3, -0.25) is 4.79 Å². The molecule has 19 heavy (non-hydrogen) atoms. The Kier molecular flexibility index (Phi) is 4.81. The van der Waals surface area contributed by atoms with E-state index < -0.39 is 11.9 Å². The third-order valence-electron chi connectivity index (χ3n) is 3.18. The first-order valence-corrected chi connectivity index (χ1v) is 6.41. The van der Waals surface area contributed by atoms with E-state index in [1.807, 2.05) is 0 Å². The molecule has 106 valence electrons. The zero-order chi connectivity index (χ0) is 14.6. The van der Waals surface area contributed by atoms with Gasteiger partial charge in [-0.05, 0) is 29.9 Å². The normalized spacial score (nSPS) is 13.1. The van der Waals surface area contributed by atoms with Crippen molar-refractivity contribution >= 4 is 11.7 Å². The highest BCUT2D eigenvalue weighted by molar-refractivity contribution is 5.79. The lowest BCUT2D eigenvalue weighted by atomic mass is 9.84. The highest BCUT2D eigenvalue weighted by atomic mass is 16.5. The molecule has 1 atom stereocenters. The van der Waals surface area contributed by atoms with Gasteiger partial charge in [0.1, 0.15) is 5.75 Å². The smallest absolute Gasteiger partial charge is 0.311 e. The van der Waals surface area contributed by atoms with E-state index in [1.165, 1.54) is 7.11 Å². The average molecular weight is 265 g/mol. The lowest BCUT2D eigenvalue weighted by molar-refractivity contribution is -0.139. The van der Waals surface area contributed by atoms with Crippen LogP contribution in [0.5, 0.6) is 5.75 Å². The number of benzene rings is 1. The number of nitrogens with two attached hydrogens (primary N) is 1. The molecule has 0 aromatic heterocycles. The molecule has 1 unspecified atom stereocenters. The van der Waals surface area contributed by atoms with Gasteiger partial charge in [0.25, 0.3) is 0 Å². The minimum Gasteiger partial charge on any atom is -0.495 e. The third kappa shape index (κ3) is 4.16. The minimum atomic E-state index is -0.843. The van der Waals surface area contributed by atoms with E-state index in [9.17, 15) is 9.90 Å². The summed E-state index contributed by atoms with van der Waals surface area (Å²) < 4.78 is 5.14.